The number of furan rings is 1. The molecule has 1 unspecified atom stereocenters. The van der Waals surface area contributed by atoms with Crippen LogP contribution in [0.3, 0.4) is 0 Å². The first-order valence-electron chi connectivity index (χ1n) is 9.49. The Bertz CT molecular complexity index is 1150. The molecule has 4 aromatic rings. The molecule has 1 aliphatic heterocycles. The van der Waals surface area contributed by atoms with Crippen LogP contribution in [0.15, 0.2) is 59.1 Å². The lowest BCUT2D eigenvalue weighted by Gasteiger charge is -2.36. The fourth-order valence-corrected chi connectivity index (χ4v) is 4.20. The summed E-state index contributed by atoms with van der Waals surface area (Å²) in [4.78, 5) is 9.27. The molecule has 0 spiro atoms. The number of hydrogen-bond acceptors (Lipinski definition) is 4. The summed E-state index contributed by atoms with van der Waals surface area (Å²) in [6, 6.07) is 17.1. The van der Waals surface area contributed by atoms with Crippen molar-refractivity contribution in [1.82, 2.24) is 9.88 Å². The summed E-state index contributed by atoms with van der Waals surface area (Å²) in [5.74, 6) is 0. The Balaban J connectivity index is 1.85. The van der Waals surface area contributed by atoms with Gasteiger partial charge in [-0.15, -0.1) is 0 Å². The van der Waals surface area contributed by atoms with E-state index in [1.54, 1.807) is 6.20 Å². The first-order chi connectivity index (χ1) is 13.1. The van der Waals surface area contributed by atoms with Crippen molar-refractivity contribution in [2.24, 2.45) is 0 Å². The van der Waals surface area contributed by atoms with Crippen LogP contribution < -0.4 is 4.90 Å². The van der Waals surface area contributed by atoms with Gasteiger partial charge in [0, 0.05) is 29.2 Å². The second kappa shape index (κ2) is 6.10. The van der Waals surface area contributed by atoms with Gasteiger partial charge in [0.2, 0.25) is 5.71 Å². The number of likely N-dealkylation sites (N-methyl/N-ethyl adjacent to an activating group) is 1. The Morgan fingerprint density at radius 2 is 1.89 bits per heavy atom. The molecule has 4 heteroatoms. The van der Waals surface area contributed by atoms with Gasteiger partial charge >= 0.3 is 0 Å². The molecule has 1 aliphatic rings. The van der Waals surface area contributed by atoms with Crippen molar-refractivity contribution in [1.29, 1.82) is 0 Å². The van der Waals surface area contributed by atoms with Crippen molar-refractivity contribution in [2.45, 2.75) is 26.4 Å². The molecule has 136 valence electrons. The number of para-hydroxylation sites is 1. The van der Waals surface area contributed by atoms with Crippen molar-refractivity contribution >= 4 is 33.4 Å². The maximum atomic E-state index is 6.29. The molecular formula is C23H23N3O. The highest BCUT2D eigenvalue weighted by Gasteiger charge is 2.29. The maximum absolute atomic E-state index is 6.29. The minimum absolute atomic E-state index is 0.221. The summed E-state index contributed by atoms with van der Waals surface area (Å²) in [5, 5.41) is 2.19. The van der Waals surface area contributed by atoms with Crippen LogP contribution in [0.1, 0.15) is 18.1 Å². The Hall–Kier alpha value is -2.85. The first kappa shape index (κ1) is 16.3. The summed E-state index contributed by atoms with van der Waals surface area (Å²) in [5.41, 5.74) is 6.60. The molecule has 2 aromatic heterocycles. The normalized spacial score (nSPS) is 18.0. The van der Waals surface area contributed by atoms with Gasteiger partial charge in [-0.25, -0.2) is 4.98 Å². The number of fused-ring (bicyclic) bond motifs is 4. The quantitative estimate of drug-likeness (QED) is 0.465. The van der Waals surface area contributed by atoms with E-state index >= 15 is 0 Å². The fraction of sp³-hybridized carbons (Fsp3) is 0.261. The lowest BCUT2D eigenvalue weighted by Crippen LogP contribution is -2.41. The summed E-state index contributed by atoms with van der Waals surface area (Å²) >= 11 is 0. The summed E-state index contributed by atoms with van der Waals surface area (Å²) < 4.78 is 6.29. The molecule has 0 aliphatic carbocycles. The number of anilines is 2. The van der Waals surface area contributed by atoms with Crippen LogP contribution in [0, 0.1) is 6.92 Å². The van der Waals surface area contributed by atoms with Gasteiger partial charge in [-0.2, -0.15) is 0 Å². The predicted octanol–water partition coefficient (Wildman–Crippen LogP) is 5.26. The van der Waals surface area contributed by atoms with Crippen molar-refractivity contribution in [3.8, 4) is 0 Å². The van der Waals surface area contributed by atoms with E-state index in [-0.39, 0.29) is 6.17 Å². The lowest BCUT2D eigenvalue weighted by molar-refractivity contribution is 0.271. The minimum Gasteiger partial charge on any atom is -0.435 e. The molecule has 0 fully saturated rings. The van der Waals surface area contributed by atoms with Crippen LogP contribution in [-0.2, 0) is 6.42 Å². The highest BCUT2D eigenvalue weighted by atomic mass is 16.3. The molecule has 0 bridgehead atoms. The van der Waals surface area contributed by atoms with Gasteiger partial charge in [-0.3, -0.25) is 4.90 Å². The maximum Gasteiger partial charge on any atom is 0.227 e. The SMILES string of the molecule is Cc1ccc2c(oc3ncccc32)c1N1c2ccccc2CCN(C)C1C. The van der Waals surface area contributed by atoms with E-state index in [2.05, 4.69) is 78.1 Å². The largest absolute Gasteiger partial charge is 0.435 e. The topological polar surface area (TPSA) is 32.5 Å². The average molecular weight is 357 g/mol. The highest BCUT2D eigenvalue weighted by molar-refractivity contribution is 6.09. The lowest BCUT2D eigenvalue weighted by atomic mass is 10.0. The fourth-order valence-electron chi connectivity index (χ4n) is 4.20. The van der Waals surface area contributed by atoms with E-state index in [1.807, 2.05) is 6.07 Å². The van der Waals surface area contributed by atoms with Gasteiger partial charge in [-0.05, 0) is 56.6 Å². The van der Waals surface area contributed by atoms with E-state index in [9.17, 15) is 0 Å². The van der Waals surface area contributed by atoms with Crippen molar-refractivity contribution in [3.63, 3.8) is 0 Å². The summed E-state index contributed by atoms with van der Waals surface area (Å²) in [7, 11) is 2.19. The molecule has 0 radical (unpaired) electrons. The average Bonchev–Trinajstić information content (AvgIpc) is 3.01. The zero-order valence-electron chi connectivity index (χ0n) is 15.9. The van der Waals surface area contributed by atoms with E-state index in [0.29, 0.717) is 5.71 Å². The number of nitrogens with zero attached hydrogens (tertiary/aromatic N) is 3. The third kappa shape index (κ3) is 2.44. The number of hydrogen-bond donors (Lipinski definition) is 0. The third-order valence-electron chi connectivity index (χ3n) is 5.83. The predicted molar refractivity (Wildman–Crippen MR) is 111 cm³/mol. The van der Waals surface area contributed by atoms with Crippen molar-refractivity contribution in [3.05, 3.63) is 65.9 Å². The van der Waals surface area contributed by atoms with Gasteiger partial charge in [0.25, 0.3) is 0 Å². The molecule has 0 N–H and O–H groups in total. The molecule has 5 rings (SSSR count). The smallest absolute Gasteiger partial charge is 0.227 e. The summed E-state index contributed by atoms with van der Waals surface area (Å²) in [6.07, 6.45) is 3.05. The Kier molecular flexibility index (Phi) is 3.69. The molecule has 1 atom stereocenters. The van der Waals surface area contributed by atoms with Gasteiger partial charge < -0.3 is 9.32 Å². The zero-order chi connectivity index (χ0) is 18.5. The second-order valence-corrected chi connectivity index (χ2v) is 7.43. The molecule has 0 saturated heterocycles. The Labute approximate surface area is 159 Å². The van der Waals surface area contributed by atoms with Crippen LogP contribution in [0.2, 0.25) is 0 Å². The first-order valence-corrected chi connectivity index (χ1v) is 9.49. The highest BCUT2D eigenvalue weighted by Crippen LogP contribution is 2.42. The standard InChI is InChI=1S/C23H23N3O/c1-15-10-11-18-19-8-6-13-24-23(19)27-22(18)21(15)26-16(2)25(3)14-12-17-7-4-5-9-20(17)26/h4-11,13,16H,12,14H2,1-3H3. The van der Waals surface area contributed by atoms with Gasteiger partial charge in [-0.1, -0.05) is 30.3 Å². The van der Waals surface area contributed by atoms with Gasteiger partial charge in [0.1, 0.15) is 0 Å². The number of aromatic nitrogens is 1. The minimum atomic E-state index is 0.221. The monoisotopic (exact) mass is 357 g/mol. The second-order valence-electron chi connectivity index (χ2n) is 7.43. The van der Waals surface area contributed by atoms with Crippen LogP contribution in [-0.4, -0.2) is 29.6 Å². The van der Waals surface area contributed by atoms with Crippen molar-refractivity contribution in [2.75, 3.05) is 18.5 Å². The van der Waals surface area contributed by atoms with E-state index in [4.69, 9.17) is 4.42 Å². The number of pyridine rings is 1. The van der Waals surface area contributed by atoms with E-state index in [1.165, 1.54) is 16.8 Å². The van der Waals surface area contributed by atoms with Crippen LogP contribution in [0.5, 0.6) is 0 Å². The third-order valence-corrected chi connectivity index (χ3v) is 5.83. The molecule has 0 saturated carbocycles. The van der Waals surface area contributed by atoms with Crippen LogP contribution in [0.25, 0.3) is 22.1 Å². The van der Waals surface area contributed by atoms with E-state index < -0.39 is 0 Å². The van der Waals surface area contributed by atoms with Gasteiger partial charge in [0.05, 0.1) is 11.9 Å². The molecular weight excluding hydrogens is 334 g/mol. The van der Waals surface area contributed by atoms with Gasteiger partial charge in [0.15, 0.2) is 5.58 Å². The Morgan fingerprint density at radius 1 is 1.04 bits per heavy atom. The number of benzene rings is 2. The molecule has 0 amide bonds. The number of aryl methyl sites for hydroxylation is 1. The molecule has 4 nitrogen and oxygen atoms in total. The van der Waals surface area contributed by atoms with Crippen LogP contribution >= 0.6 is 0 Å². The Morgan fingerprint density at radius 3 is 2.78 bits per heavy atom. The molecule has 27 heavy (non-hydrogen) atoms. The van der Waals surface area contributed by atoms with Crippen molar-refractivity contribution < 1.29 is 4.42 Å². The number of rotatable bonds is 1. The van der Waals surface area contributed by atoms with Crippen LogP contribution in [0.4, 0.5) is 11.4 Å². The molecule has 3 heterocycles. The molecule has 2 aromatic carbocycles. The van der Waals surface area contributed by atoms with E-state index in [0.717, 1.165) is 35.0 Å². The summed E-state index contributed by atoms with van der Waals surface area (Å²) in [6.45, 7) is 5.46. The zero-order valence-corrected chi connectivity index (χ0v) is 15.9.